The fraction of sp³-hybridized carbons (Fsp3) is 0.273. The SMILES string of the molecule is CCNC(C)C(=O)NC1C(=O)N(Cc2c(C#N)n(-c3ccccc3C#N)c3ccccc23)c2ccccc2SC1(C)C. The quantitative estimate of drug-likeness (QED) is 0.310. The van der Waals surface area contributed by atoms with Crippen molar-refractivity contribution in [1.82, 2.24) is 15.2 Å². The lowest BCUT2D eigenvalue weighted by atomic mass is 10.00. The molecular weight excluding hydrogens is 544 g/mol. The molecule has 0 spiro atoms. The van der Waals surface area contributed by atoms with Gasteiger partial charge < -0.3 is 15.5 Å². The first-order valence-corrected chi connectivity index (χ1v) is 14.7. The highest BCUT2D eigenvalue weighted by Crippen LogP contribution is 2.45. The number of para-hydroxylation sites is 3. The van der Waals surface area contributed by atoms with Crippen LogP contribution in [0.2, 0.25) is 0 Å². The van der Waals surface area contributed by atoms with Crippen LogP contribution in [0.5, 0.6) is 0 Å². The Morgan fingerprint density at radius 2 is 1.67 bits per heavy atom. The number of carbonyl (C=O) groups excluding carboxylic acids is 2. The number of anilines is 1. The summed E-state index contributed by atoms with van der Waals surface area (Å²) in [5.74, 6) is -0.509. The normalized spacial score (nSPS) is 16.7. The Morgan fingerprint density at radius 3 is 2.38 bits per heavy atom. The number of carbonyl (C=O) groups is 2. The highest BCUT2D eigenvalue weighted by Gasteiger charge is 2.44. The van der Waals surface area contributed by atoms with Gasteiger partial charge in [0.15, 0.2) is 0 Å². The molecule has 3 aromatic carbocycles. The van der Waals surface area contributed by atoms with Crippen molar-refractivity contribution < 1.29 is 9.59 Å². The molecule has 1 aliphatic heterocycles. The van der Waals surface area contributed by atoms with Crippen LogP contribution in [0.3, 0.4) is 0 Å². The van der Waals surface area contributed by atoms with Gasteiger partial charge in [-0.25, -0.2) is 0 Å². The highest BCUT2D eigenvalue weighted by molar-refractivity contribution is 8.01. The van der Waals surface area contributed by atoms with Gasteiger partial charge in [0.1, 0.15) is 23.9 Å². The van der Waals surface area contributed by atoms with E-state index in [0.717, 1.165) is 21.5 Å². The number of hydrogen-bond donors (Lipinski definition) is 2. The Morgan fingerprint density at radius 1 is 1.00 bits per heavy atom. The van der Waals surface area contributed by atoms with E-state index in [1.54, 1.807) is 40.3 Å². The molecule has 212 valence electrons. The molecule has 2 heterocycles. The summed E-state index contributed by atoms with van der Waals surface area (Å²) in [6.07, 6.45) is 0. The van der Waals surface area contributed by atoms with Crippen molar-refractivity contribution in [3.63, 3.8) is 0 Å². The van der Waals surface area contributed by atoms with E-state index >= 15 is 0 Å². The van der Waals surface area contributed by atoms with Crippen molar-refractivity contribution in [2.45, 2.75) is 56.0 Å². The zero-order valence-electron chi connectivity index (χ0n) is 24.0. The van der Waals surface area contributed by atoms with E-state index in [4.69, 9.17) is 0 Å². The zero-order valence-corrected chi connectivity index (χ0v) is 24.8. The van der Waals surface area contributed by atoms with Gasteiger partial charge in [0.25, 0.3) is 5.91 Å². The molecule has 1 aromatic heterocycles. The molecule has 0 radical (unpaired) electrons. The fourth-order valence-corrected chi connectivity index (χ4v) is 6.78. The predicted octanol–water partition coefficient (Wildman–Crippen LogP) is 5.27. The number of nitriles is 2. The zero-order chi connectivity index (χ0) is 30.0. The lowest BCUT2D eigenvalue weighted by Gasteiger charge is -2.33. The molecule has 0 bridgehead atoms. The molecule has 4 aromatic rings. The molecule has 1 aliphatic rings. The van der Waals surface area contributed by atoms with Gasteiger partial charge in [0, 0.05) is 20.6 Å². The summed E-state index contributed by atoms with van der Waals surface area (Å²) < 4.78 is 1.13. The summed E-state index contributed by atoms with van der Waals surface area (Å²) in [6.45, 7) is 8.36. The molecule has 5 rings (SSSR count). The van der Waals surface area contributed by atoms with Crippen LogP contribution in [-0.2, 0) is 16.1 Å². The van der Waals surface area contributed by atoms with Crippen molar-refractivity contribution in [3.8, 4) is 17.8 Å². The van der Waals surface area contributed by atoms with Crippen LogP contribution in [0.4, 0.5) is 5.69 Å². The first-order valence-electron chi connectivity index (χ1n) is 13.9. The maximum Gasteiger partial charge on any atom is 0.251 e. The van der Waals surface area contributed by atoms with Crippen LogP contribution >= 0.6 is 11.8 Å². The van der Waals surface area contributed by atoms with Gasteiger partial charge in [-0.2, -0.15) is 10.5 Å². The van der Waals surface area contributed by atoms with E-state index in [1.165, 1.54) is 0 Å². The van der Waals surface area contributed by atoms with Crippen molar-refractivity contribution in [2.75, 3.05) is 11.4 Å². The minimum Gasteiger partial charge on any atom is -0.342 e. The minimum atomic E-state index is -0.832. The minimum absolute atomic E-state index is 0.104. The van der Waals surface area contributed by atoms with Crippen LogP contribution in [0.25, 0.3) is 16.6 Å². The van der Waals surface area contributed by atoms with Crippen molar-refractivity contribution >= 4 is 40.2 Å². The van der Waals surface area contributed by atoms with Crippen LogP contribution in [-0.4, -0.2) is 39.8 Å². The third-order valence-corrected chi connectivity index (χ3v) is 8.92. The first kappa shape index (κ1) is 28.9. The van der Waals surface area contributed by atoms with Crippen LogP contribution < -0.4 is 15.5 Å². The molecule has 2 amide bonds. The van der Waals surface area contributed by atoms with E-state index in [9.17, 15) is 20.1 Å². The molecule has 0 saturated heterocycles. The largest absolute Gasteiger partial charge is 0.342 e. The lowest BCUT2D eigenvalue weighted by molar-refractivity contribution is -0.129. The predicted molar refractivity (Wildman–Crippen MR) is 165 cm³/mol. The summed E-state index contributed by atoms with van der Waals surface area (Å²) in [5.41, 5.74) is 3.53. The molecule has 0 saturated carbocycles. The Kier molecular flexibility index (Phi) is 8.08. The van der Waals surface area contributed by atoms with Crippen molar-refractivity contribution in [2.24, 2.45) is 0 Å². The number of benzene rings is 3. The standard InChI is InChI=1S/C33H32N6O2S/c1-5-36-21(2)31(40)37-30-32(41)38(27-16-10-11-17-29(27)42-33(30,3)4)20-24-23-13-7-9-15-26(23)39(28(24)19-35)25-14-8-6-12-22(25)18-34/h6-17,21,30,36H,5,20H2,1-4H3,(H,37,40). The van der Waals surface area contributed by atoms with Crippen LogP contribution in [0.1, 0.15) is 44.5 Å². The first-order chi connectivity index (χ1) is 20.2. The summed E-state index contributed by atoms with van der Waals surface area (Å²) in [4.78, 5) is 30.2. The van der Waals surface area contributed by atoms with Gasteiger partial charge in [-0.05, 0) is 57.6 Å². The number of rotatable bonds is 7. The molecule has 42 heavy (non-hydrogen) atoms. The summed E-state index contributed by atoms with van der Waals surface area (Å²) >= 11 is 1.54. The molecule has 2 atom stereocenters. The maximum atomic E-state index is 14.5. The second-order valence-corrected chi connectivity index (χ2v) is 12.4. The Bertz CT molecular complexity index is 1760. The van der Waals surface area contributed by atoms with Crippen LogP contribution in [0, 0.1) is 22.7 Å². The summed E-state index contributed by atoms with van der Waals surface area (Å²) in [6, 6.07) is 25.8. The van der Waals surface area contributed by atoms with Crippen LogP contribution in [0.15, 0.2) is 77.7 Å². The van der Waals surface area contributed by atoms with E-state index in [2.05, 4.69) is 22.8 Å². The Balaban J connectivity index is 1.67. The Hall–Kier alpha value is -4.57. The summed E-state index contributed by atoms with van der Waals surface area (Å²) in [7, 11) is 0. The number of fused-ring (bicyclic) bond motifs is 2. The topological polar surface area (TPSA) is 114 Å². The molecule has 0 aliphatic carbocycles. The number of thioether (sulfide) groups is 1. The number of nitrogens with zero attached hydrogens (tertiary/aromatic N) is 4. The van der Waals surface area contributed by atoms with Crippen molar-refractivity contribution in [1.29, 1.82) is 10.5 Å². The highest BCUT2D eigenvalue weighted by atomic mass is 32.2. The maximum absolute atomic E-state index is 14.5. The number of hydrogen-bond acceptors (Lipinski definition) is 6. The van der Waals surface area contributed by atoms with Gasteiger partial charge in [-0.1, -0.05) is 49.4 Å². The third-order valence-electron chi connectivity index (χ3n) is 7.59. The number of nitrogens with one attached hydrogen (secondary N) is 2. The van der Waals surface area contributed by atoms with Gasteiger partial charge >= 0.3 is 0 Å². The molecule has 8 nitrogen and oxygen atoms in total. The molecule has 2 unspecified atom stereocenters. The van der Waals surface area contributed by atoms with E-state index in [0.29, 0.717) is 29.1 Å². The molecule has 0 fully saturated rings. The average Bonchev–Trinajstić information content (AvgIpc) is 3.27. The lowest BCUT2D eigenvalue weighted by Crippen LogP contribution is -2.59. The van der Waals surface area contributed by atoms with Gasteiger partial charge in [-0.15, -0.1) is 11.8 Å². The van der Waals surface area contributed by atoms with Gasteiger partial charge in [-0.3, -0.25) is 14.2 Å². The average molecular weight is 577 g/mol. The van der Waals surface area contributed by atoms with Crippen molar-refractivity contribution in [3.05, 3.63) is 89.6 Å². The smallest absolute Gasteiger partial charge is 0.251 e. The van der Waals surface area contributed by atoms with E-state index < -0.39 is 16.8 Å². The third kappa shape index (κ3) is 5.14. The molecule has 9 heteroatoms. The molecule has 2 N–H and O–H groups in total. The van der Waals surface area contributed by atoms with E-state index in [1.807, 2.05) is 81.4 Å². The van der Waals surface area contributed by atoms with Gasteiger partial charge in [0.2, 0.25) is 5.91 Å². The Labute approximate surface area is 249 Å². The second kappa shape index (κ2) is 11.7. The number of amides is 2. The molecular formula is C33H32N6O2S. The monoisotopic (exact) mass is 576 g/mol. The second-order valence-electron chi connectivity index (χ2n) is 10.7. The van der Waals surface area contributed by atoms with Gasteiger partial charge in [0.05, 0.1) is 35.0 Å². The summed E-state index contributed by atoms with van der Waals surface area (Å²) in [5, 5.41) is 27.3. The van der Waals surface area contributed by atoms with E-state index in [-0.39, 0.29) is 18.4 Å². The number of aromatic nitrogens is 1. The number of likely N-dealkylation sites (N-methyl/N-ethyl adjacent to an activating group) is 1. The fourth-order valence-electron chi connectivity index (χ4n) is 5.50.